The van der Waals surface area contributed by atoms with Gasteiger partial charge >= 0.3 is 0 Å². The molecular formula is C28H37ClN4O3S2. The number of fused-ring (bicyclic) bond motifs is 1. The van der Waals surface area contributed by atoms with Crippen molar-refractivity contribution in [2.45, 2.75) is 32.1 Å². The number of carbonyl (C=O) groups is 1. The molecule has 1 aromatic heterocycles. The molecule has 0 aliphatic carbocycles. The zero-order valence-electron chi connectivity index (χ0n) is 22.3. The highest BCUT2D eigenvalue weighted by Gasteiger charge is 2.25. The lowest BCUT2D eigenvalue weighted by atomic mass is 10.2. The van der Waals surface area contributed by atoms with Crippen molar-refractivity contribution in [2.75, 3.05) is 44.2 Å². The highest BCUT2D eigenvalue weighted by atomic mass is 35.5. The molecule has 10 heteroatoms. The number of amides is 1. The monoisotopic (exact) mass is 576 g/mol. The standard InChI is InChI=1S/C28H36N4O3S2.ClH/c1-6-17-31(18-7-2)37(34,35)24-14-12-23(13-15-24)27(33)32(20-19-30(9-4)10-5)28-29-25-16-11-22(8-3)21-26(25)36-28;/h6-7,11-16,21H,1-2,8-10,17-20H2,3-5H3;1H. The van der Waals surface area contributed by atoms with E-state index in [4.69, 9.17) is 4.98 Å². The quantitative estimate of drug-likeness (QED) is 0.232. The summed E-state index contributed by atoms with van der Waals surface area (Å²) in [4.78, 5) is 22.6. The summed E-state index contributed by atoms with van der Waals surface area (Å²) in [5.41, 5.74) is 2.50. The van der Waals surface area contributed by atoms with Gasteiger partial charge in [0.05, 0.1) is 15.1 Å². The molecule has 0 aliphatic heterocycles. The minimum Gasteiger partial charge on any atom is -0.302 e. The number of aryl methyl sites for hydroxylation is 1. The molecule has 2 aromatic carbocycles. The van der Waals surface area contributed by atoms with Crippen molar-refractivity contribution in [3.05, 3.63) is 78.9 Å². The van der Waals surface area contributed by atoms with Crippen molar-refractivity contribution in [1.82, 2.24) is 14.2 Å². The lowest BCUT2D eigenvalue weighted by Crippen LogP contribution is -2.39. The van der Waals surface area contributed by atoms with Gasteiger partial charge in [-0.3, -0.25) is 9.69 Å². The molecule has 7 nitrogen and oxygen atoms in total. The normalized spacial score (nSPS) is 11.5. The third-order valence-electron chi connectivity index (χ3n) is 6.26. The molecule has 0 atom stereocenters. The molecule has 0 unspecified atom stereocenters. The number of hydrogen-bond acceptors (Lipinski definition) is 6. The van der Waals surface area contributed by atoms with Crippen LogP contribution in [0.15, 0.2) is 72.7 Å². The maximum Gasteiger partial charge on any atom is 0.260 e. The van der Waals surface area contributed by atoms with Crippen LogP contribution in [0.2, 0.25) is 0 Å². The minimum absolute atomic E-state index is 0. The second-order valence-electron chi connectivity index (χ2n) is 8.56. The first-order chi connectivity index (χ1) is 17.8. The molecule has 3 rings (SSSR count). The Morgan fingerprint density at radius 1 is 0.974 bits per heavy atom. The van der Waals surface area contributed by atoms with Crippen molar-refractivity contribution in [3.8, 4) is 0 Å². The number of sulfonamides is 1. The zero-order valence-corrected chi connectivity index (χ0v) is 24.7. The number of anilines is 1. The van der Waals surface area contributed by atoms with E-state index in [2.05, 4.69) is 51.0 Å². The Bertz CT molecular complexity index is 1330. The Hall–Kier alpha value is -2.56. The molecule has 0 N–H and O–H groups in total. The van der Waals surface area contributed by atoms with Crippen LogP contribution in [0.5, 0.6) is 0 Å². The van der Waals surface area contributed by atoms with Gasteiger partial charge in [-0.2, -0.15) is 4.31 Å². The molecule has 3 aromatic rings. The van der Waals surface area contributed by atoms with Crippen LogP contribution in [0.25, 0.3) is 10.2 Å². The molecule has 206 valence electrons. The molecule has 1 heterocycles. The summed E-state index contributed by atoms with van der Waals surface area (Å²) in [7, 11) is -3.74. The third-order valence-corrected chi connectivity index (χ3v) is 9.15. The number of carbonyl (C=O) groups excluding carboxylic acids is 1. The van der Waals surface area contributed by atoms with Gasteiger partial charge in [-0.25, -0.2) is 13.4 Å². The van der Waals surface area contributed by atoms with E-state index in [0.717, 1.165) is 29.7 Å². The van der Waals surface area contributed by atoms with Crippen LogP contribution >= 0.6 is 23.7 Å². The molecule has 1 amide bonds. The lowest BCUT2D eigenvalue weighted by molar-refractivity contribution is 0.0983. The van der Waals surface area contributed by atoms with Crippen LogP contribution in [0.1, 0.15) is 36.7 Å². The fourth-order valence-electron chi connectivity index (χ4n) is 3.99. The first-order valence-electron chi connectivity index (χ1n) is 12.5. The highest BCUT2D eigenvalue weighted by molar-refractivity contribution is 7.89. The number of aromatic nitrogens is 1. The number of thiazole rings is 1. The van der Waals surface area contributed by atoms with Crippen LogP contribution in [-0.4, -0.2) is 67.8 Å². The van der Waals surface area contributed by atoms with E-state index >= 15 is 0 Å². The number of rotatable bonds is 14. The summed E-state index contributed by atoms with van der Waals surface area (Å²) in [6.07, 6.45) is 4.00. The predicted octanol–water partition coefficient (Wildman–Crippen LogP) is 5.63. The molecule has 0 saturated carbocycles. The smallest absolute Gasteiger partial charge is 0.260 e. The van der Waals surface area contributed by atoms with Gasteiger partial charge in [-0.05, 0) is 61.5 Å². The van der Waals surface area contributed by atoms with Crippen LogP contribution in [0, 0.1) is 0 Å². The summed E-state index contributed by atoms with van der Waals surface area (Å²) in [6.45, 7) is 16.9. The first kappa shape index (κ1) is 31.7. The number of likely N-dealkylation sites (N-methyl/N-ethyl adjacent to an activating group) is 1. The van der Waals surface area contributed by atoms with Gasteiger partial charge in [0.2, 0.25) is 10.0 Å². The number of benzene rings is 2. The Labute approximate surface area is 236 Å². The number of halogens is 1. The van der Waals surface area contributed by atoms with E-state index in [1.54, 1.807) is 17.0 Å². The van der Waals surface area contributed by atoms with E-state index in [9.17, 15) is 13.2 Å². The lowest BCUT2D eigenvalue weighted by Gasteiger charge is -2.25. The number of nitrogens with zero attached hydrogens (tertiary/aromatic N) is 4. The fourth-order valence-corrected chi connectivity index (χ4v) is 6.43. The van der Waals surface area contributed by atoms with Crippen LogP contribution in [0.4, 0.5) is 5.13 Å². The molecule has 0 fully saturated rings. The fraction of sp³-hybridized carbons (Fsp3) is 0.357. The van der Waals surface area contributed by atoms with Crippen molar-refractivity contribution < 1.29 is 13.2 Å². The second kappa shape index (κ2) is 14.6. The molecule has 0 saturated heterocycles. The van der Waals surface area contributed by atoms with E-state index in [0.29, 0.717) is 23.8 Å². The molecule has 0 bridgehead atoms. The van der Waals surface area contributed by atoms with Gasteiger partial charge in [0, 0.05) is 31.7 Å². The average Bonchev–Trinajstić information content (AvgIpc) is 3.33. The van der Waals surface area contributed by atoms with Gasteiger partial charge in [-0.15, -0.1) is 25.6 Å². The maximum atomic E-state index is 13.7. The summed E-state index contributed by atoms with van der Waals surface area (Å²) in [5, 5.41) is 0.639. The Morgan fingerprint density at radius 3 is 2.16 bits per heavy atom. The van der Waals surface area contributed by atoms with Crippen molar-refractivity contribution in [2.24, 2.45) is 0 Å². The summed E-state index contributed by atoms with van der Waals surface area (Å²) in [5.74, 6) is -0.208. The van der Waals surface area contributed by atoms with Gasteiger partial charge in [0.25, 0.3) is 5.91 Å². The van der Waals surface area contributed by atoms with Gasteiger partial charge in [0.15, 0.2) is 5.13 Å². The average molecular weight is 577 g/mol. The molecular weight excluding hydrogens is 540 g/mol. The van der Waals surface area contributed by atoms with E-state index in [1.165, 1.54) is 45.5 Å². The van der Waals surface area contributed by atoms with Gasteiger partial charge < -0.3 is 4.90 Å². The molecule has 0 radical (unpaired) electrons. The van der Waals surface area contributed by atoms with Crippen molar-refractivity contribution in [3.63, 3.8) is 0 Å². The van der Waals surface area contributed by atoms with Gasteiger partial charge in [-0.1, -0.05) is 50.3 Å². The molecule has 38 heavy (non-hydrogen) atoms. The van der Waals surface area contributed by atoms with E-state index in [1.807, 2.05) is 6.07 Å². The van der Waals surface area contributed by atoms with Gasteiger partial charge in [0.1, 0.15) is 0 Å². The Balaban J connectivity index is 0.00000507. The topological polar surface area (TPSA) is 73.8 Å². The Kier molecular flexibility index (Phi) is 12.1. The predicted molar refractivity (Wildman–Crippen MR) is 161 cm³/mol. The zero-order chi connectivity index (χ0) is 27.0. The Morgan fingerprint density at radius 2 is 1.61 bits per heavy atom. The maximum absolute atomic E-state index is 13.7. The third kappa shape index (κ3) is 7.30. The van der Waals surface area contributed by atoms with E-state index < -0.39 is 10.0 Å². The highest BCUT2D eigenvalue weighted by Crippen LogP contribution is 2.31. The van der Waals surface area contributed by atoms with Crippen LogP contribution in [-0.2, 0) is 16.4 Å². The van der Waals surface area contributed by atoms with Crippen molar-refractivity contribution >= 4 is 55.0 Å². The number of hydrogen-bond donors (Lipinski definition) is 0. The summed E-state index contributed by atoms with van der Waals surface area (Å²) in [6, 6.07) is 12.3. The van der Waals surface area contributed by atoms with Crippen LogP contribution < -0.4 is 4.90 Å². The minimum atomic E-state index is -3.74. The SMILES string of the molecule is C=CCN(CC=C)S(=O)(=O)c1ccc(C(=O)N(CCN(CC)CC)c2nc3ccc(CC)cc3s2)cc1.Cl. The van der Waals surface area contributed by atoms with E-state index in [-0.39, 0.29) is 36.3 Å². The second-order valence-corrected chi connectivity index (χ2v) is 11.5. The summed E-state index contributed by atoms with van der Waals surface area (Å²) < 4.78 is 28.5. The van der Waals surface area contributed by atoms with Crippen LogP contribution in [0.3, 0.4) is 0 Å². The summed E-state index contributed by atoms with van der Waals surface area (Å²) >= 11 is 1.50. The largest absolute Gasteiger partial charge is 0.302 e. The molecule has 0 spiro atoms. The molecule has 0 aliphatic rings. The van der Waals surface area contributed by atoms with Crippen molar-refractivity contribution in [1.29, 1.82) is 0 Å². The first-order valence-corrected chi connectivity index (χ1v) is 14.8.